The van der Waals surface area contributed by atoms with E-state index in [0.29, 0.717) is 13.0 Å². The zero-order valence-corrected chi connectivity index (χ0v) is 7.07. The lowest BCUT2D eigenvalue weighted by atomic mass is 9.89. The molecular formula is C8H13F2NO. The number of Topliss-reactive ketones (excluding diaryl/α,β-unsaturated/α-hetero) is 1. The van der Waals surface area contributed by atoms with E-state index in [1.807, 2.05) is 0 Å². The Morgan fingerprint density at radius 1 is 1.67 bits per heavy atom. The van der Waals surface area contributed by atoms with Crippen LogP contribution in [0.4, 0.5) is 8.78 Å². The Bertz CT molecular complexity index is 182. The first-order chi connectivity index (χ1) is 5.52. The molecule has 0 bridgehead atoms. The molecule has 1 aliphatic heterocycles. The molecule has 1 unspecified atom stereocenters. The summed E-state index contributed by atoms with van der Waals surface area (Å²) >= 11 is 0. The Morgan fingerprint density at radius 3 is 2.83 bits per heavy atom. The van der Waals surface area contributed by atoms with E-state index < -0.39 is 11.8 Å². The van der Waals surface area contributed by atoms with Gasteiger partial charge in [0.1, 0.15) is 5.78 Å². The second kappa shape index (κ2) is 3.47. The Hall–Kier alpha value is -0.510. The molecule has 1 atom stereocenters. The molecule has 2 nitrogen and oxygen atoms in total. The van der Waals surface area contributed by atoms with Crippen molar-refractivity contribution in [3.8, 4) is 0 Å². The summed E-state index contributed by atoms with van der Waals surface area (Å²) in [7, 11) is 0. The number of carbonyl (C=O) groups is 1. The smallest absolute Gasteiger partial charge is 0.263 e. The summed E-state index contributed by atoms with van der Waals surface area (Å²) in [5.41, 5.74) is 0. The van der Waals surface area contributed by atoms with Crippen molar-refractivity contribution in [3.05, 3.63) is 0 Å². The van der Waals surface area contributed by atoms with Crippen LogP contribution in [0, 0.1) is 5.92 Å². The van der Waals surface area contributed by atoms with E-state index in [1.165, 1.54) is 6.92 Å². The third-order valence-electron chi connectivity index (χ3n) is 2.16. The standard InChI is InChI=1S/C8H13F2NO/c1-6(12)4-7-2-3-11-5-8(7,9)10/h7,11H,2-5H2,1H3. The molecule has 0 aliphatic carbocycles. The van der Waals surface area contributed by atoms with Gasteiger partial charge in [0.25, 0.3) is 5.92 Å². The van der Waals surface area contributed by atoms with E-state index in [1.54, 1.807) is 0 Å². The van der Waals surface area contributed by atoms with Gasteiger partial charge in [-0.25, -0.2) is 8.78 Å². The highest BCUT2D eigenvalue weighted by Crippen LogP contribution is 2.31. The number of rotatable bonds is 2. The molecule has 12 heavy (non-hydrogen) atoms. The number of hydrogen-bond acceptors (Lipinski definition) is 2. The number of hydrogen-bond donors (Lipinski definition) is 1. The normalized spacial score (nSPS) is 28.4. The molecule has 1 rings (SSSR count). The number of carbonyl (C=O) groups excluding carboxylic acids is 1. The highest BCUT2D eigenvalue weighted by Gasteiger charge is 2.41. The zero-order valence-electron chi connectivity index (χ0n) is 7.07. The third-order valence-corrected chi connectivity index (χ3v) is 2.16. The van der Waals surface area contributed by atoms with E-state index >= 15 is 0 Å². The second-order valence-electron chi connectivity index (χ2n) is 3.33. The number of piperidine rings is 1. The third kappa shape index (κ3) is 2.24. The fourth-order valence-corrected chi connectivity index (χ4v) is 1.49. The molecule has 0 spiro atoms. The van der Waals surface area contributed by atoms with E-state index in [0.717, 1.165) is 0 Å². The lowest BCUT2D eigenvalue weighted by Gasteiger charge is -2.31. The van der Waals surface area contributed by atoms with E-state index in [4.69, 9.17) is 0 Å². The first-order valence-electron chi connectivity index (χ1n) is 4.10. The molecule has 1 fully saturated rings. The van der Waals surface area contributed by atoms with Crippen LogP contribution in [0.5, 0.6) is 0 Å². The summed E-state index contributed by atoms with van der Waals surface area (Å²) in [5, 5.41) is 2.62. The number of ketones is 1. The largest absolute Gasteiger partial charge is 0.311 e. The van der Waals surface area contributed by atoms with Gasteiger partial charge in [0.05, 0.1) is 6.54 Å². The molecule has 1 aliphatic rings. The van der Waals surface area contributed by atoms with Crippen molar-refractivity contribution < 1.29 is 13.6 Å². The lowest BCUT2D eigenvalue weighted by molar-refractivity contribution is -0.125. The maximum atomic E-state index is 13.0. The summed E-state index contributed by atoms with van der Waals surface area (Å²) in [5.74, 6) is -3.61. The quantitative estimate of drug-likeness (QED) is 0.687. The van der Waals surface area contributed by atoms with Crippen LogP contribution in [-0.4, -0.2) is 24.8 Å². The van der Waals surface area contributed by atoms with Crippen molar-refractivity contribution in [2.75, 3.05) is 13.1 Å². The van der Waals surface area contributed by atoms with Crippen LogP contribution in [0.3, 0.4) is 0 Å². The molecule has 0 amide bonds. The average molecular weight is 177 g/mol. The molecule has 4 heteroatoms. The molecule has 0 saturated carbocycles. The minimum atomic E-state index is -2.70. The number of alkyl halides is 2. The van der Waals surface area contributed by atoms with Crippen LogP contribution in [0.25, 0.3) is 0 Å². The Morgan fingerprint density at radius 2 is 2.33 bits per heavy atom. The minimum absolute atomic E-state index is 0.00861. The lowest BCUT2D eigenvalue weighted by Crippen LogP contribution is -2.46. The van der Waals surface area contributed by atoms with Crippen molar-refractivity contribution in [2.24, 2.45) is 5.92 Å². The van der Waals surface area contributed by atoms with E-state index in [2.05, 4.69) is 5.32 Å². The van der Waals surface area contributed by atoms with Crippen molar-refractivity contribution in [3.63, 3.8) is 0 Å². The maximum Gasteiger partial charge on any atom is 0.263 e. The Labute approximate surface area is 70.3 Å². The average Bonchev–Trinajstić information content (AvgIpc) is 1.92. The Kier molecular flexibility index (Phi) is 2.77. The molecule has 1 N–H and O–H groups in total. The molecular weight excluding hydrogens is 164 g/mol. The zero-order chi connectivity index (χ0) is 9.19. The first-order valence-corrected chi connectivity index (χ1v) is 4.10. The Balaban J connectivity index is 2.54. The van der Waals surface area contributed by atoms with Gasteiger partial charge in [0, 0.05) is 12.3 Å². The van der Waals surface area contributed by atoms with Gasteiger partial charge in [-0.05, 0) is 19.9 Å². The summed E-state index contributed by atoms with van der Waals surface area (Å²) in [6.45, 7) is 1.66. The summed E-state index contributed by atoms with van der Waals surface area (Å²) in [6.07, 6.45) is 0.404. The summed E-state index contributed by atoms with van der Waals surface area (Å²) in [6, 6.07) is 0. The van der Waals surface area contributed by atoms with Crippen LogP contribution >= 0.6 is 0 Å². The highest BCUT2D eigenvalue weighted by atomic mass is 19.3. The van der Waals surface area contributed by atoms with Gasteiger partial charge in [0.2, 0.25) is 0 Å². The van der Waals surface area contributed by atoms with Crippen molar-refractivity contribution in [2.45, 2.75) is 25.7 Å². The maximum absolute atomic E-state index is 13.0. The van der Waals surface area contributed by atoms with Gasteiger partial charge < -0.3 is 10.1 Å². The van der Waals surface area contributed by atoms with Gasteiger partial charge in [-0.1, -0.05) is 0 Å². The molecule has 70 valence electrons. The topological polar surface area (TPSA) is 29.1 Å². The minimum Gasteiger partial charge on any atom is -0.311 e. The SMILES string of the molecule is CC(=O)CC1CCNCC1(F)F. The number of halogens is 2. The molecule has 0 aromatic rings. The fraction of sp³-hybridized carbons (Fsp3) is 0.875. The van der Waals surface area contributed by atoms with Crippen molar-refractivity contribution >= 4 is 5.78 Å². The van der Waals surface area contributed by atoms with Crippen LogP contribution in [0.1, 0.15) is 19.8 Å². The fourth-order valence-electron chi connectivity index (χ4n) is 1.49. The molecule has 0 aromatic heterocycles. The van der Waals surface area contributed by atoms with Crippen LogP contribution in [0.2, 0.25) is 0 Å². The van der Waals surface area contributed by atoms with Crippen LogP contribution in [0.15, 0.2) is 0 Å². The van der Waals surface area contributed by atoms with Crippen LogP contribution in [-0.2, 0) is 4.79 Å². The van der Waals surface area contributed by atoms with Crippen LogP contribution < -0.4 is 5.32 Å². The second-order valence-corrected chi connectivity index (χ2v) is 3.33. The van der Waals surface area contributed by atoms with E-state index in [9.17, 15) is 13.6 Å². The predicted octanol–water partition coefficient (Wildman–Crippen LogP) is 1.21. The molecule has 0 radical (unpaired) electrons. The van der Waals surface area contributed by atoms with Gasteiger partial charge in [0.15, 0.2) is 0 Å². The van der Waals surface area contributed by atoms with Crippen molar-refractivity contribution in [1.29, 1.82) is 0 Å². The van der Waals surface area contributed by atoms with Gasteiger partial charge >= 0.3 is 0 Å². The molecule has 1 heterocycles. The van der Waals surface area contributed by atoms with Gasteiger partial charge in [-0.3, -0.25) is 0 Å². The number of nitrogens with one attached hydrogen (secondary N) is 1. The predicted molar refractivity (Wildman–Crippen MR) is 41.2 cm³/mol. The molecule has 1 saturated heterocycles. The molecule has 0 aromatic carbocycles. The first kappa shape index (κ1) is 9.58. The van der Waals surface area contributed by atoms with Crippen molar-refractivity contribution in [1.82, 2.24) is 5.32 Å². The highest BCUT2D eigenvalue weighted by molar-refractivity contribution is 5.75. The van der Waals surface area contributed by atoms with Gasteiger partial charge in [-0.2, -0.15) is 0 Å². The summed E-state index contributed by atoms with van der Waals surface area (Å²) in [4.78, 5) is 10.6. The monoisotopic (exact) mass is 177 g/mol. The summed E-state index contributed by atoms with van der Waals surface area (Å²) < 4.78 is 26.0. The van der Waals surface area contributed by atoms with Gasteiger partial charge in [-0.15, -0.1) is 0 Å². The van der Waals surface area contributed by atoms with E-state index in [-0.39, 0.29) is 18.7 Å².